The van der Waals surface area contributed by atoms with E-state index in [1.165, 1.54) is 26.3 Å². The van der Waals surface area contributed by atoms with Crippen molar-refractivity contribution in [1.82, 2.24) is 15.2 Å². The molecule has 3 heterocycles. The van der Waals surface area contributed by atoms with E-state index in [0.717, 1.165) is 16.2 Å². The molecule has 0 radical (unpaired) electrons. The molecule has 0 aliphatic carbocycles. The van der Waals surface area contributed by atoms with Crippen molar-refractivity contribution in [2.24, 2.45) is 5.16 Å². The first-order valence-corrected chi connectivity index (χ1v) is 18.9. The van der Waals surface area contributed by atoms with Crippen LogP contribution >= 0.6 is 11.3 Å². The van der Waals surface area contributed by atoms with Gasteiger partial charge in [0, 0.05) is 11.0 Å². The van der Waals surface area contributed by atoms with Crippen molar-refractivity contribution in [3.05, 3.63) is 52.2 Å². The molecule has 1 aromatic carbocycles. The summed E-state index contributed by atoms with van der Waals surface area (Å²) in [5.74, 6) is -2.38. The number of fused-ring (bicyclic) bond motifs is 1. The molecule has 1 aromatic heterocycles. The lowest BCUT2D eigenvalue weighted by molar-refractivity contribution is -0.179. The van der Waals surface area contributed by atoms with Crippen LogP contribution in [0.2, 0.25) is 0 Å². The van der Waals surface area contributed by atoms with Gasteiger partial charge < -0.3 is 29.1 Å². The molecule has 1 saturated heterocycles. The van der Waals surface area contributed by atoms with Crippen molar-refractivity contribution in [3.63, 3.8) is 0 Å². The van der Waals surface area contributed by atoms with Gasteiger partial charge in [-0.3, -0.25) is 19.8 Å². The van der Waals surface area contributed by atoms with Gasteiger partial charge in [-0.25, -0.2) is 19.4 Å². The fraction of sp³-hybridized carbons (Fsp3) is 0.514. The molecule has 53 heavy (non-hydrogen) atoms. The molecule has 2 unspecified atom stereocenters. The molecule has 3 atom stereocenters. The summed E-state index contributed by atoms with van der Waals surface area (Å²) >= 11 is -0.498. The first kappa shape index (κ1) is 41.1. The van der Waals surface area contributed by atoms with Gasteiger partial charge in [0.25, 0.3) is 17.2 Å². The van der Waals surface area contributed by atoms with Crippen LogP contribution in [0.25, 0.3) is 0 Å². The summed E-state index contributed by atoms with van der Waals surface area (Å²) in [6, 6.07) is 5.68. The van der Waals surface area contributed by atoms with Crippen molar-refractivity contribution in [2.75, 3.05) is 18.2 Å². The zero-order valence-corrected chi connectivity index (χ0v) is 33.0. The standard InChI is InChI=1S/C35H45N5O11S2/c1-11-20-18-53(46)28-24(27(42)40(28)25(20)29(43)48-16-19-12-14-21(47-10)15-13-19)37-26(41)23(39-51-35(8,9)30(44)49-33(2,3)4)22-17-52-31(36-22)38-32(45)50-34(5,6)7/h12-15,17,24,28,46H,11,16,18H2,1-10H3,(H-,36,37,38,41,45)/p+1/b39-23-/t24-,28?,53?/m1/s1. The quantitative estimate of drug-likeness (QED) is 0.0681. The highest BCUT2D eigenvalue weighted by molar-refractivity contribution is 7.92. The molecule has 2 aromatic rings. The lowest BCUT2D eigenvalue weighted by Gasteiger charge is -2.45. The van der Waals surface area contributed by atoms with Crippen LogP contribution in [-0.2, 0) is 56.0 Å². The highest BCUT2D eigenvalue weighted by atomic mass is 32.2. The number of nitrogens with zero attached hydrogens (tertiary/aromatic N) is 3. The van der Waals surface area contributed by atoms with E-state index >= 15 is 0 Å². The third-order valence-corrected chi connectivity index (χ3v) is 9.92. The monoisotopic (exact) mass is 776 g/mol. The topological polar surface area (TPSA) is 204 Å². The molecule has 0 spiro atoms. The maximum Gasteiger partial charge on any atom is 0.413 e. The van der Waals surface area contributed by atoms with Gasteiger partial charge in [0.15, 0.2) is 33.8 Å². The summed E-state index contributed by atoms with van der Waals surface area (Å²) in [5, 5.41) is 9.57. The molecule has 2 aliphatic heterocycles. The number of methoxy groups -OCH3 is 1. The van der Waals surface area contributed by atoms with Gasteiger partial charge in [-0.1, -0.05) is 24.2 Å². The maximum absolute atomic E-state index is 13.9. The average molecular weight is 777 g/mol. The molecular weight excluding hydrogens is 731 g/mol. The Kier molecular flexibility index (Phi) is 12.5. The van der Waals surface area contributed by atoms with Crippen molar-refractivity contribution >= 4 is 63.2 Å². The van der Waals surface area contributed by atoms with Crippen molar-refractivity contribution in [3.8, 4) is 5.75 Å². The van der Waals surface area contributed by atoms with Crippen LogP contribution in [0, 0.1) is 0 Å². The number of amides is 3. The number of esters is 2. The molecule has 2 aliphatic rings. The number of thiazole rings is 1. The third-order valence-electron chi connectivity index (χ3n) is 7.48. The number of oxime groups is 1. The van der Waals surface area contributed by atoms with Crippen molar-refractivity contribution in [2.45, 2.75) is 104 Å². The first-order chi connectivity index (χ1) is 24.6. The van der Waals surface area contributed by atoms with E-state index in [1.807, 2.05) is 0 Å². The lowest BCUT2D eigenvalue weighted by Crippen LogP contribution is -2.75. The molecule has 16 nitrogen and oxygen atoms in total. The second-order valence-corrected chi connectivity index (χ2v) is 17.0. The molecule has 0 bridgehead atoms. The molecule has 18 heteroatoms. The molecule has 3 N–H and O–H groups in total. The van der Waals surface area contributed by atoms with E-state index in [9.17, 15) is 28.5 Å². The normalized spacial score (nSPS) is 19.1. The van der Waals surface area contributed by atoms with Gasteiger partial charge in [0.2, 0.25) is 5.60 Å². The van der Waals surface area contributed by atoms with E-state index in [0.29, 0.717) is 23.3 Å². The minimum absolute atomic E-state index is 0.0213. The number of carbonyl (C=O) groups excluding carboxylic acids is 5. The second kappa shape index (κ2) is 16.1. The number of aromatic nitrogens is 1. The number of β-lactam (4-membered cyclic amide) rings is 1. The average Bonchev–Trinajstić information content (AvgIpc) is 3.51. The Morgan fingerprint density at radius 3 is 2.26 bits per heavy atom. The van der Waals surface area contributed by atoms with Crippen LogP contribution in [-0.4, -0.2) is 91.1 Å². The van der Waals surface area contributed by atoms with E-state index in [-0.39, 0.29) is 28.9 Å². The van der Waals surface area contributed by atoms with Crippen LogP contribution in [0.4, 0.5) is 9.93 Å². The molecule has 288 valence electrons. The van der Waals surface area contributed by atoms with Crippen molar-refractivity contribution in [1.29, 1.82) is 0 Å². The zero-order valence-electron chi connectivity index (χ0n) is 31.4. The predicted molar refractivity (Wildman–Crippen MR) is 197 cm³/mol. The number of ether oxygens (including phenoxy) is 4. The molecule has 4 rings (SSSR count). The second-order valence-electron chi connectivity index (χ2n) is 14.5. The number of hydrogen-bond donors (Lipinski definition) is 3. The maximum atomic E-state index is 13.9. The summed E-state index contributed by atoms with van der Waals surface area (Å²) < 4.78 is 32.6. The molecular formula is C35H46N5O11S2+. The smallest absolute Gasteiger partial charge is 0.413 e. The zero-order chi connectivity index (χ0) is 39.5. The number of hydrogen-bond acceptors (Lipinski definition) is 14. The predicted octanol–water partition coefficient (Wildman–Crippen LogP) is 4.51. The summed E-state index contributed by atoms with van der Waals surface area (Å²) in [6.45, 7) is 14.7. The van der Waals surface area contributed by atoms with Gasteiger partial charge in [-0.15, -0.1) is 11.3 Å². The summed E-state index contributed by atoms with van der Waals surface area (Å²) in [5.41, 5.74) is -2.55. The highest BCUT2D eigenvalue weighted by Crippen LogP contribution is 2.38. The number of anilines is 1. The molecule has 3 amide bonds. The van der Waals surface area contributed by atoms with Gasteiger partial charge in [0.05, 0.1) is 7.11 Å². The lowest BCUT2D eigenvalue weighted by atomic mass is 10.0. The van der Waals surface area contributed by atoms with Crippen LogP contribution < -0.4 is 15.4 Å². The molecule has 1 fully saturated rings. The Balaban J connectivity index is 1.57. The SMILES string of the molecule is CCC1=C(C(=O)OCc2ccc(OC)cc2)N2C(=O)[C@@H](NC(=O)/C(=N\OC(C)(C)C(=O)OC(C)(C)C)c3csc(NC(=O)OC(C)(C)C)n3)C2[S+](O)C1. The van der Waals surface area contributed by atoms with Gasteiger partial charge in [0.1, 0.15) is 34.9 Å². The minimum Gasteiger partial charge on any atom is -0.497 e. The summed E-state index contributed by atoms with van der Waals surface area (Å²) in [7, 11) is 1.54. The highest BCUT2D eigenvalue weighted by Gasteiger charge is 2.64. The minimum atomic E-state index is -1.67. The Morgan fingerprint density at radius 1 is 1.04 bits per heavy atom. The largest absolute Gasteiger partial charge is 0.497 e. The van der Waals surface area contributed by atoms with Crippen molar-refractivity contribution < 1.29 is 52.3 Å². The molecule has 0 saturated carbocycles. The number of carbonyl (C=O) groups is 5. The van der Waals surface area contributed by atoms with E-state index < -0.39 is 75.0 Å². The van der Waals surface area contributed by atoms with Crippen LogP contribution in [0.1, 0.15) is 80.0 Å². The summed E-state index contributed by atoms with van der Waals surface area (Å²) in [4.78, 5) is 77.3. The Labute approximate surface area is 314 Å². The van der Waals surface area contributed by atoms with Crippen LogP contribution in [0.3, 0.4) is 0 Å². The fourth-order valence-electron chi connectivity index (χ4n) is 4.91. The number of nitrogens with one attached hydrogen (secondary N) is 2. The van der Waals surface area contributed by atoms with E-state index in [2.05, 4.69) is 20.8 Å². The van der Waals surface area contributed by atoms with Gasteiger partial charge in [-0.2, -0.15) is 4.55 Å². The van der Waals surface area contributed by atoms with E-state index in [1.54, 1.807) is 72.7 Å². The first-order valence-electron chi connectivity index (χ1n) is 16.6. The van der Waals surface area contributed by atoms with Crippen LogP contribution in [0.15, 0.2) is 46.1 Å². The third kappa shape index (κ3) is 10.3. The Hall–Kier alpha value is -4.68. The number of benzene rings is 1. The number of rotatable bonds is 12. The fourth-order valence-corrected chi connectivity index (χ4v) is 7.41. The van der Waals surface area contributed by atoms with Gasteiger partial charge >= 0.3 is 18.0 Å². The van der Waals surface area contributed by atoms with Gasteiger partial charge in [-0.05, 0) is 79.5 Å². The summed E-state index contributed by atoms with van der Waals surface area (Å²) in [6.07, 6.45) is -0.413. The Bertz CT molecular complexity index is 1790. The Morgan fingerprint density at radius 2 is 1.68 bits per heavy atom. The van der Waals surface area contributed by atoms with Crippen LogP contribution in [0.5, 0.6) is 5.75 Å². The van der Waals surface area contributed by atoms with E-state index in [4.69, 9.17) is 23.8 Å².